The van der Waals surface area contributed by atoms with E-state index in [4.69, 9.17) is 0 Å². The number of hydrogen-bond donors (Lipinski definition) is 2. The molecule has 2 aromatic carbocycles. The molecule has 2 N–H and O–H groups in total. The summed E-state index contributed by atoms with van der Waals surface area (Å²) in [6.07, 6.45) is 2.04. The van der Waals surface area contributed by atoms with Gasteiger partial charge >= 0.3 is 0 Å². The minimum atomic E-state index is -1.10. The van der Waals surface area contributed by atoms with Crippen LogP contribution in [0, 0.1) is 17.6 Å². The monoisotopic (exact) mass is 331 g/mol. The van der Waals surface area contributed by atoms with E-state index >= 15 is 0 Å². The fourth-order valence-corrected chi connectivity index (χ4v) is 2.36. The number of benzene rings is 2. The normalized spacial score (nSPS) is 13.6. The maximum atomic E-state index is 13.9. The predicted molar refractivity (Wildman–Crippen MR) is 83.0 cm³/mol. The summed E-state index contributed by atoms with van der Waals surface area (Å²) in [6.45, 7) is 0.436. The van der Waals surface area contributed by atoms with Gasteiger partial charge in [0.25, 0.3) is 5.91 Å². The Labute approximate surface area is 137 Å². The van der Waals surface area contributed by atoms with E-state index in [9.17, 15) is 23.5 Å². The van der Waals surface area contributed by atoms with Crippen LogP contribution in [0.15, 0.2) is 36.4 Å². The molecule has 0 atom stereocenters. The second kappa shape index (κ2) is 6.39. The quantitative estimate of drug-likeness (QED) is 0.828. The number of rotatable bonds is 5. The predicted octanol–water partition coefficient (Wildman–Crippen LogP) is 3.04. The lowest BCUT2D eigenvalue weighted by atomic mass is 9.99. The molecule has 1 aliphatic carbocycles. The Bertz CT molecular complexity index is 816. The smallest absolute Gasteiger partial charge is 0.255 e. The Balaban J connectivity index is 1.92. The SMILES string of the molecule is O=C(c1cc(F)c(O)c(C(=O)NCC2CC2)c1)c1ccccc1F. The summed E-state index contributed by atoms with van der Waals surface area (Å²) in [5, 5.41) is 12.4. The van der Waals surface area contributed by atoms with Crippen molar-refractivity contribution >= 4 is 11.7 Å². The van der Waals surface area contributed by atoms with Gasteiger partial charge < -0.3 is 10.4 Å². The molecule has 1 saturated carbocycles. The minimum Gasteiger partial charge on any atom is -0.504 e. The van der Waals surface area contributed by atoms with Crippen LogP contribution in [-0.2, 0) is 0 Å². The third-order valence-corrected chi connectivity index (χ3v) is 3.94. The molecule has 3 rings (SSSR count). The lowest BCUT2D eigenvalue weighted by Gasteiger charge is -2.10. The fourth-order valence-electron chi connectivity index (χ4n) is 2.36. The van der Waals surface area contributed by atoms with Crippen molar-refractivity contribution in [1.82, 2.24) is 5.32 Å². The molecule has 4 nitrogen and oxygen atoms in total. The zero-order chi connectivity index (χ0) is 17.3. The van der Waals surface area contributed by atoms with Crippen LogP contribution in [0.25, 0.3) is 0 Å². The molecule has 0 unspecified atom stereocenters. The second-order valence-electron chi connectivity index (χ2n) is 5.82. The van der Waals surface area contributed by atoms with Crippen LogP contribution in [0.4, 0.5) is 8.78 Å². The lowest BCUT2D eigenvalue weighted by molar-refractivity contribution is 0.0948. The van der Waals surface area contributed by atoms with Crippen molar-refractivity contribution in [2.24, 2.45) is 5.92 Å². The summed E-state index contributed by atoms with van der Waals surface area (Å²) in [6, 6.07) is 7.18. The molecule has 0 bridgehead atoms. The van der Waals surface area contributed by atoms with Gasteiger partial charge in [0.2, 0.25) is 0 Å². The molecule has 0 aliphatic heterocycles. The third-order valence-electron chi connectivity index (χ3n) is 3.94. The third kappa shape index (κ3) is 3.27. The van der Waals surface area contributed by atoms with Crippen molar-refractivity contribution in [2.45, 2.75) is 12.8 Å². The fraction of sp³-hybridized carbons (Fsp3) is 0.222. The summed E-state index contributed by atoms with van der Waals surface area (Å²) in [5.74, 6) is -3.69. The van der Waals surface area contributed by atoms with Crippen LogP contribution in [0.3, 0.4) is 0 Å². The summed E-state index contributed by atoms with van der Waals surface area (Å²) in [5.41, 5.74) is -0.769. The molecule has 24 heavy (non-hydrogen) atoms. The Hall–Kier alpha value is -2.76. The van der Waals surface area contributed by atoms with E-state index in [-0.39, 0.29) is 16.7 Å². The van der Waals surface area contributed by atoms with Crippen molar-refractivity contribution in [3.05, 3.63) is 64.7 Å². The van der Waals surface area contributed by atoms with Gasteiger partial charge in [0.1, 0.15) is 5.82 Å². The maximum absolute atomic E-state index is 13.9. The second-order valence-corrected chi connectivity index (χ2v) is 5.82. The molecule has 1 aliphatic rings. The molecule has 124 valence electrons. The Morgan fingerprint density at radius 3 is 2.46 bits per heavy atom. The van der Waals surface area contributed by atoms with Crippen molar-refractivity contribution < 1.29 is 23.5 Å². The number of amides is 1. The highest BCUT2D eigenvalue weighted by molar-refractivity contribution is 6.10. The summed E-state index contributed by atoms with van der Waals surface area (Å²) < 4.78 is 27.6. The van der Waals surface area contributed by atoms with E-state index in [2.05, 4.69) is 5.32 Å². The molecule has 0 saturated heterocycles. The van der Waals surface area contributed by atoms with E-state index in [1.54, 1.807) is 0 Å². The van der Waals surface area contributed by atoms with Crippen LogP contribution < -0.4 is 5.32 Å². The first-order valence-corrected chi connectivity index (χ1v) is 7.57. The van der Waals surface area contributed by atoms with E-state index in [1.807, 2.05) is 0 Å². The Morgan fingerprint density at radius 1 is 1.08 bits per heavy atom. The molecular formula is C18H15F2NO3. The van der Waals surface area contributed by atoms with Gasteiger partial charge in [0, 0.05) is 12.1 Å². The number of carbonyl (C=O) groups excluding carboxylic acids is 2. The number of phenols is 1. The highest BCUT2D eigenvalue weighted by Crippen LogP contribution is 2.29. The number of hydrogen-bond acceptors (Lipinski definition) is 3. The zero-order valence-electron chi connectivity index (χ0n) is 12.7. The average molecular weight is 331 g/mol. The van der Waals surface area contributed by atoms with Crippen molar-refractivity contribution in [3.8, 4) is 5.75 Å². The summed E-state index contributed by atoms with van der Waals surface area (Å²) in [4.78, 5) is 24.5. The molecule has 6 heteroatoms. The van der Waals surface area contributed by atoms with Crippen LogP contribution in [0.2, 0.25) is 0 Å². The number of phenolic OH excluding ortho intramolecular Hbond substituents is 1. The number of nitrogens with one attached hydrogen (secondary N) is 1. The van der Waals surface area contributed by atoms with Gasteiger partial charge in [0.15, 0.2) is 17.3 Å². The molecule has 0 radical (unpaired) electrons. The van der Waals surface area contributed by atoms with E-state index < -0.39 is 29.1 Å². The molecule has 0 aromatic heterocycles. The van der Waals surface area contributed by atoms with Gasteiger partial charge in [-0.2, -0.15) is 0 Å². The number of ketones is 1. The van der Waals surface area contributed by atoms with Gasteiger partial charge in [-0.15, -0.1) is 0 Å². The van der Waals surface area contributed by atoms with Gasteiger partial charge in [-0.1, -0.05) is 12.1 Å². The Morgan fingerprint density at radius 2 is 1.79 bits per heavy atom. The van der Waals surface area contributed by atoms with Gasteiger partial charge in [-0.3, -0.25) is 9.59 Å². The Kier molecular flexibility index (Phi) is 4.29. The van der Waals surface area contributed by atoms with Crippen molar-refractivity contribution in [3.63, 3.8) is 0 Å². The first-order valence-electron chi connectivity index (χ1n) is 7.57. The summed E-state index contributed by atoms with van der Waals surface area (Å²) in [7, 11) is 0. The molecule has 0 spiro atoms. The van der Waals surface area contributed by atoms with E-state index in [1.165, 1.54) is 18.2 Å². The van der Waals surface area contributed by atoms with Crippen molar-refractivity contribution in [2.75, 3.05) is 6.54 Å². The molecule has 0 heterocycles. The molecule has 2 aromatic rings. The van der Waals surface area contributed by atoms with Gasteiger partial charge in [-0.25, -0.2) is 8.78 Å². The van der Waals surface area contributed by atoms with Crippen molar-refractivity contribution in [1.29, 1.82) is 0 Å². The van der Waals surface area contributed by atoms with E-state index in [0.717, 1.165) is 31.0 Å². The highest BCUT2D eigenvalue weighted by Gasteiger charge is 2.24. The molecule has 1 amide bonds. The molecule has 1 fully saturated rings. The van der Waals surface area contributed by atoms with E-state index in [0.29, 0.717) is 12.5 Å². The van der Waals surface area contributed by atoms with Crippen LogP contribution >= 0.6 is 0 Å². The zero-order valence-corrected chi connectivity index (χ0v) is 12.7. The summed E-state index contributed by atoms with van der Waals surface area (Å²) >= 11 is 0. The van der Waals surface area contributed by atoms with Crippen LogP contribution in [0.1, 0.15) is 39.1 Å². The van der Waals surface area contributed by atoms with Crippen LogP contribution in [-0.4, -0.2) is 23.3 Å². The minimum absolute atomic E-state index is 0.202. The first-order chi connectivity index (χ1) is 11.5. The van der Waals surface area contributed by atoms with Crippen LogP contribution in [0.5, 0.6) is 5.75 Å². The number of carbonyl (C=O) groups is 2. The molecular weight excluding hydrogens is 316 g/mol. The highest BCUT2D eigenvalue weighted by atomic mass is 19.1. The topological polar surface area (TPSA) is 66.4 Å². The largest absolute Gasteiger partial charge is 0.504 e. The van der Waals surface area contributed by atoms with Gasteiger partial charge in [0.05, 0.1) is 11.1 Å². The maximum Gasteiger partial charge on any atom is 0.255 e. The standard InChI is InChI=1S/C18H15F2NO3/c19-14-4-2-1-3-12(14)16(22)11-7-13(17(23)15(20)8-11)18(24)21-9-10-5-6-10/h1-4,7-8,10,23H,5-6,9H2,(H,21,24). The first kappa shape index (κ1) is 16.1. The lowest BCUT2D eigenvalue weighted by Crippen LogP contribution is -2.26. The van der Waals surface area contributed by atoms with Gasteiger partial charge in [-0.05, 0) is 43.0 Å². The number of aromatic hydroxyl groups is 1. The number of halogens is 2. The average Bonchev–Trinajstić information content (AvgIpc) is 3.39.